The molecule has 0 fully saturated rings. The molecule has 0 aliphatic carbocycles. The Morgan fingerprint density at radius 1 is 1.20 bits per heavy atom. The van der Waals surface area contributed by atoms with Gasteiger partial charge in [-0.05, 0) is 25.2 Å². The van der Waals surface area contributed by atoms with E-state index >= 15 is 0 Å². The van der Waals surface area contributed by atoms with Crippen LogP contribution < -0.4 is 0 Å². The molecule has 2 unspecified atom stereocenters. The molecule has 0 bridgehead atoms. The van der Waals surface area contributed by atoms with Gasteiger partial charge in [-0.15, -0.1) is 0 Å². The molecule has 0 saturated heterocycles. The van der Waals surface area contributed by atoms with Crippen molar-refractivity contribution in [3.8, 4) is 0 Å². The fourth-order valence-electron chi connectivity index (χ4n) is 1.31. The van der Waals surface area contributed by atoms with Crippen LogP contribution in [-0.4, -0.2) is 11.2 Å². The van der Waals surface area contributed by atoms with Crippen molar-refractivity contribution >= 4 is 0 Å². The summed E-state index contributed by atoms with van der Waals surface area (Å²) in [6, 6.07) is 0. The Morgan fingerprint density at radius 2 is 1.70 bits per heavy atom. The fraction of sp³-hybridized carbons (Fsp3) is 1.00. The minimum absolute atomic E-state index is 0.132. The zero-order valence-corrected chi connectivity index (χ0v) is 7.59. The van der Waals surface area contributed by atoms with E-state index < -0.39 is 0 Å². The molecule has 0 rings (SSSR count). The van der Waals surface area contributed by atoms with Crippen molar-refractivity contribution < 1.29 is 5.11 Å². The quantitative estimate of drug-likeness (QED) is 0.642. The van der Waals surface area contributed by atoms with Crippen LogP contribution >= 0.6 is 0 Å². The average Bonchev–Trinajstić information content (AvgIpc) is 1.81. The van der Waals surface area contributed by atoms with Crippen LogP contribution in [0.3, 0.4) is 0 Å². The third-order valence-corrected chi connectivity index (χ3v) is 1.98. The van der Waals surface area contributed by atoms with Crippen molar-refractivity contribution in [1.29, 1.82) is 0 Å². The first-order chi connectivity index (χ1) is 4.57. The summed E-state index contributed by atoms with van der Waals surface area (Å²) in [6.45, 7) is 8.42. The first-order valence-electron chi connectivity index (χ1n) is 4.26. The molecule has 1 nitrogen and oxygen atoms in total. The maximum atomic E-state index is 9.26. The molecule has 0 heterocycles. The Bertz CT molecular complexity index is 76.8. The predicted octanol–water partition coefficient (Wildman–Crippen LogP) is 2.44. The van der Waals surface area contributed by atoms with Gasteiger partial charge in [0.05, 0.1) is 6.10 Å². The van der Waals surface area contributed by atoms with E-state index in [0.717, 1.165) is 12.8 Å². The zero-order valence-electron chi connectivity index (χ0n) is 7.59. The standard InChI is InChI=1S/C9H20O/c1-5-9(8(4)10)6-7(2)3/h7-10H,5-6H2,1-4H3. The SMILES string of the molecule is CCC(CC(C)C)C(C)O. The van der Waals surface area contributed by atoms with Gasteiger partial charge < -0.3 is 5.11 Å². The molecular formula is C9H20O. The molecule has 0 aliphatic heterocycles. The molecular weight excluding hydrogens is 124 g/mol. The average molecular weight is 144 g/mol. The second-order valence-electron chi connectivity index (χ2n) is 3.54. The van der Waals surface area contributed by atoms with Crippen molar-refractivity contribution in [3.05, 3.63) is 0 Å². The maximum Gasteiger partial charge on any atom is 0.0540 e. The highest BCUT2D eigenvalue weighted by atomic mass is 16.3. The number of rotatable bonds is 4. The minimum Gasteiger partial charge on any atom is -0.393 e. The number of aliphatic hydroxyl groups excluding tert-OH is 1. The van der Waals surface area contributed by atoms with Crippen LogP contribution in [0, 0.1) is 11.8 Å². The third kappa shape index (κ3) is 3.89. The van der Waals surface area contributed by atoms with Gasteiger partial charge in [0.1, 0.15) is 0 Å². The summed E-state index contributed by atoms with van der Waals surface area (Å²) >= 11 is 0. The van der Waals surface area contributed by atoms with Crippen LogP contribution in [0.15, 0.2) is 0 Å². The second kappa shape index (κ2) is 4.73. The summed E-state index contributed by atoms with van der Waals surface area (Å²) in [5.41, 5.74) is 0. The van der Waals surface area contributed by atoms with Gasteiger partial charge in [0.25, 0.3) is 0 Å². The molecule has 2 atom stereocenters. The summed E-state index contributed by atoms with van der Waals surface area (Å²) in [5, 5.41) is 9.26. The highest BCUT2D eigenvalue weighted by Gasteiger charge is 2.13. The highest BCUT2D eigenvalue weighted by Crippen LogP contribution is 2.18. The van der Waals surface area contributed by atoms with E-state index in [1.807, 2.05) is 6.92 Å². The van der Waals surface area contributed by atoms with E-state index in [-0.39, 0.29) is 6.10 Å². The molecule has 62 valence electrons. The summed E-state index contributed by atoms with van der Waals surface area (Å²) in [4.78, 5) is 0. The van der Waals surface area contributed by atoms with Gasteiger partial charge >= 0.3 is 0 Å². The predicted molar refractivity (Wildman–Crippen MR) is 44.9 cm³/mol. The molecule has 10 heavy (non-hydrogen) atoms. The van der Waals surface area contributed by atoms with E-state index in [1.165, 1.54) is 0 Å². The Kier molecular flexibility index (Phi) is 4.71. The number of aliphatic hydroxyl groups is 1. The molecule has 1 heteroatoms. The molecule has 0 aliphatic rings. The molecule has 1 N–H and O–H groups in total. The highest BCUT2D eigenvalue weighted by molar-refractivity contribution is 4.64. The van der Waals surface area contributed by atoms with E-state index in [9.17, 15) is 5.11 Å². The van der Waals surface area contributed by atoms with Gasteiger partial charge in [0, 0.05) is 0 Å². The van der Waals surface area contributed by atoms with Crippen LogP contribution in [0.25, 0.3) is 0 Å². The topological polar surface area (TPSA) is 20.2 Å². The second-order valence-corrected chi connectivity index (χ2v) is 3.54. The lowest BCUT2D eigenvalue weighted by molar-refractivity contribution is 0.109. The van der Waals surface area contributed by atoms with E-state index in [4.69, 9.17) is 0 Å². The smallest absolute Gasteiger partial charge is 0.0540 e. The van der Waals surface area contributed by atoms with Crippen LogP contribution in [-0.2, 0) is 0 Å². The summed E-state index contributed by atoms with van der Waals surface area (Å²) in [5.74, 6) is 1.21. The molecule has 0 saturated carbocycles. The molecule has 0 amide bonds. The van der Waals surface area contributed by atoms with Gasteiger partial charge in [-0.25, -0.2) is 0 Å². The van der Waals surface area contributed by atoms with E-state index in [2.05, 4.69) is 20.8 Å². The summed E-state index contributed by atoms with van der Waals surface area (Å²) in [6.07, 6.45) is 2.11. The normalized spacial score (nSPS) is 17.4. The fourth-order valence-corrected chi connectivity index (χ4v) is 1.31. The maximum absolute atomic E-state index is 9.26. The van der Waals surface area contributed by atoms with Gasteiger partial charge in [0.2, 0.25) is 0 Å². The molecule has 0 spiro atoms. The lowest BCUT2D eigenvalue weighted by Gasteiger charge is -2.19. The Balaban J connectivity index is 3.60. The zero-order chi connectivity index (χ0) is 8.15. The van der Waals surface area contributed by atoms with Gasteiger partial charge in [-0.3, -0.25) is 0 Å². The number of hydrogen-bond acceptors (Lipinski definition) is 1. The van der Waals surface area contributed by atoms with Crippen molar-refractivity contribution in [3.63, 3.8) is 0 Å². The Labute approximate surface area is 64.5 Å². The summed E-state index contributed by atoms with van der Waals surface area (Å²) < 4.78 is 0. The Hall–Kier alpha value is -0.0400. The van der Waals surface area contributed by atoms with Gasteiger partial charge in [-0.2, -0.15) is 0 Å². The van der Waals surface area contributed by atoms with Gasteiger partial charge in [0.15, 0.2) is 0 Å². The Morgan fingerprint density at radius 3 is 1.80 bits per heavy atom. The van der Waals surface area contributed by atoms with Crippen molar-refractivity contribution in [2.75, 3.05) is 0 Å². The first kappa shape index (κ1) is 9.96. The van der Waals surface area contributed by atoms with Crippen molar-refractivity contribution in [1.82, 2.24) is 0 Å². The molecule has 0 aromatic rings. The van der Waals surface area contributed by atoms with Crippen LogP contribution in [0.4, 0.5) is 0 Å². The van der Waals surface area contributed by atoms with E-state index in [0.29, 0.717) is 11.8 Å². The van der Waals surface area contributed by atoms with Crippen LogP contribution in [0.1, 0.15) is 40.5 Å². The monoisotopic (exact) mass is 144 g/mol. The van der Waals surface area contributed by atoms with Crippen molar-refractivity contribution in [2.24, 2.45) is 11.8 Å². The summed E-state index contributed by atoms with van der Waals surface area (Å²) in [7, 11) is 0. The van der Waals surface area contributed by atoms with Crippen LogP contribution in [0.5, 0.6) is 0 Å². The minimum atomic E-state index is -0.132. The van der Waals surface area contributed by atoms with Gasteiger partial charge in [-0.1, -0.05) is 27.2 Å². The lowest BCUT2D eigenvalue weighted by atomic mass is 9.91. The van der Waals surface area contributed by atoms with Crippen molar-refractivity contribution in [2.45, 2.75) is 46.6 Å². The third-order valence-electron chi connectivity index (χ3n) is 1.98. The largest absolute Gasteiger partial charge is 0.393 e. The lowest BCUT2D eigenvalue weighted by Crippen LogP contribution is -2.17. The molecule has 0 aromatic heterocycles. The van der Waals surface area contributed by atoms with Crippen LogP contribution in [0.2, 0.25) is 0 Å². The number of hydrogen-bond donors (Lipinski definition) is 1. The van der Waals surface area contributed by atoms with E-state index in [1.54, 1.807) is 0 Å². The molecule has 0 radical (unpaired) electrons. The first-order valence-corrected chi connectivity index (χ1v) is 4.26. The molecule has 0 aromatic carbocycles.